The van der Waals surface area contributed by atoms with E-state index in [2.05, 4.69) is 27.1 Å². The lowest BCUT2D eigenvalue weighted by molar-refractivity contribution is -0.131. The Bertz CT molecular complexity index is 1030. The molecule has 1 amide bonds. The predicted octanol–water partition coefficient (Wildman–Crippen LogP) is 2.43. The molecule has 0 aliphatic carbocycles. The number of carbonyl (C=O) groups excluding carboxylic acids is 1. The molecule has 1 aliphatic heterocycles. The second-order valence-corrected chi connectivity index (χ2v) is 7.32. The van der Waals surface area contributed by atoms with Crippen molar-refractivity contribution in [1.29, 1.82) is 0 Å². The van der Waals surface area contributed by atoms with Gasteiger partial charge in [0, 0.05) is 68.9 Å². The van der Waals surface area contributed by atoms with Gasteiger partial charge in [-0.15, -0.1) is 0 Å². The molecule has 4 rings (SSSR count). The van der Waals surface area contributed by atoms with Crippen molar-refractivity contribution < 1.29 is 4.79 Å². The van der Waals surface area contributed by atoms with Gasteiger partial charge in [-0.05, 0) is 36.8 Å². The largest absolute Gasteiger partial charge is 0.368 e. The first-order valence-corrected chi connectivity index (χ1v) is 10.3. The normalized spacial score (nSPS) is 14.0. The van der Waals surface area contributed by atoms with Crippen molar-refractivity contribution in [2.45, 2.75) is 19.4 Å². The van der Waals surface area contributed by atoms with Crippen molar-refractivity contribution in [3.63, 3.8) is 0 Å². The van der Waals surface area contributed by atoms with Crippen molar-refractivity contribution >= 4 is 11.6 Å². The Hall–Kier alpha value is -3.48. The van der Waals surface area contributed by atoms with Gasteiger partial charge in [-0.3, -0.25) is 14.6 Å². The number of amides is 1. The van der Waals surface area contributed by atoms with Crippen LogP contribution in [0, 0.1) is 0 Å². The number of anilines is 1. The van der Waals surface area contributed by atoms with Crippen LogP contribution in [0.2, 0.25) is 0 Å². The second-order valence-electron chi connectivity index (χ2n) is 7.32. The number of para-hydroxylation sites is 1. The van der Waals surface area contributed by atoms with Gasteiger partial charge in [0.25, 0.3) is 5.56 Å². The Kier molecular flexibility index (Phi) is 6.17. The molecule has 30 heavy (non-hydrogen) atoms. The maximum Gasteiger partial charge on any atom is 0.266 e. The molecule has 3 aromatic rings. The standard InChI is InChI=1S/C23H25N5O2/c29-22(27-17-15-26(16-18-27)20-5-2-1-3-6-20)7-4-14-28-23(30)9-8-21(25-28)19-10-12-24-13-11-19/h1-3,5-6,8-13H,4,7,14-18H2. The molecule has 0 N–H and O–H groups in total. The highest BCUT2D eigenvalue weighted by atomic mass is 16.2. The van der Waals surface area contributed by atoms with Crippen molar-refractivity contribution in [2.24, 2.45) is 0 Å². The molecule has 154 valence electrons. The van der Waals surface area contributed by atoms with Crippen molar-refractivity contribution in [2.75, 3.05) is 31.1 Å². The monoisotopic (exact) mass is 403 g/mol. The summed E-state index contributed by atoms with van der Waals surface area (Å²) in [4.78, 5) is 33.0. The smallest absolute Gasteiger partial charge is 0.266 e. The zero-order chi connectivity index (χ0) is 20.8. The number of benzene rings is 1. The number of aryl methyl sites for hydroxylation is 1. The second kappa shape index (κ2) is 9.35. The molecule has 0 unspecified atom stereocenters. The summed E-state index contributed by atoms with van der Waals surface area (Å²) >= 11 is 0. The minimum atomic E-state index is -0.156. The molecule has 3 heterocycles. The highest BCUT2D eigenvalue weighted by Crippen LogP contribution is 2.16. The SMILES string of the molecule is O=C(CCCn1nc(-c2ccncc2)ccc1=O)N1CCN(c2ccccc2)CC1. The van der Waals surface area contributed by atoms with E-state index in [0.717, 1.165) is 37.4 Å². The van der Waals surface area contributed by atoms with Crippen LogP contribution in [0.1, 0.15) is 12.8 Å². The fourth-order valence-electron chi connectivity index (χ4n) is 3.68. The Morgan fingerprint density at radius 2 is 1.63 bits per heavy atom. The third kappa shape index (κ3) is 4.74. The summed E-state index contributed by atoms with van der Waals surface area (Å²) in [5.41, 5.74) is 2.67. The molecule has 7 nitrogen and oxygen atoms in total. The van der Waals surface area contributed by atoms with E-state index in [1.54, 1.807) is 18.5 Å². The first-order valence-electron chi connectivity index (χ1n) is 10.3. The lowest BCUT2D eigenvalue weighted by Crippen LogP contribution is -2.48. The summed E-state index contributed by atoms with van der Waals surface area (Å²) in [5, 5.41) is 4.44. The average Bonchev–Trinajstić information content (AvgIpc) is 2.81. The summed E-state index contributed by atoms with van der Waals surface area (Å²) < 4.78 is 1.44. The molecular weight excluding hydrogens is 378 g/mol. The van der Waals surface area contributed by atoms with E-state index in [1.807, 2.05) is 35.2 Å². The third-order valence-corrected chi connectivity index (χ3v) is 5.36. The predicted molar refractivity (Wildman–Crippen MR) is 116 cm³/mol. The van der Waals surface area contributed by atoms with Gasteiger partial charge in [-0.25, -0.2) is 4.68 Å². The van der Waals surface area contributed by atoms with Crippen molar-refractivity contribution in [3.8, 4) is 11.3 Å². The third-order valence-electron chi connectivity index (χ3n) is 5.36. The number of piperazine rings is 1. The molecule has 1 saturated heterocycles. The minimum absolute atomic E-state index is 0.140. The van der Waals surface area contributed by atoms with E-state index < -0.39 is 0 Å². The van der Waals surface area contributed by atoms with E-state index in [0.29, 0.717) is 19.4 Å². The van der Waals surface area contributed by atoms with Gasteiger partial charge < -0.3 is 9.80 Å². The highest BCUT2D eigenvalue weighted by molar-refractivity contribution is 5.76. The van der Waals surface area contributed by atoms with Gasteiger partial charge in [-0.1, -0.05) is 18.2 Å². The summed E-state index contributed by atoms with van der Waals surface area (Å²) in [5.74, 6) is 0.140. The Labute approximate surface area is 175 Å². The first kappa shape index (κ1) is 19.8. The van der Waals surface area contributed by atoms with Crippen LogP contribution in [0.15, 0.2) is 71.8 Å². The zero-order valence-electron chi connectivity index (χ0n) is 16.9. The van der Waals surface area contributed by atoms with Gasteiger partial charge in [-0.2, -0.15) is 5.10 Å². The minimum Gasteiger partial charge on any atom is -0.368 e. The number of carbonyl (C=O) groups is 1. The maximum atomic E-state index is 12.6. The highest BCUT2D eigenvalue weighted by Gasteiger charge is 2.20. The quantitative estimate of drug-likeness (QED) is 0.632. The van der Waals surface area contributed by atoms with Gasteiger partial charge in [0.1, 0.15) is 0 Å². The number of hydrogen-bond donors (Lipinski definition) is 0. The van der Waals surface area contributed by atoms with Gasteiger partial charge in [0.05, 0.1) is 5.69 Å². The number of hydrogen-bond acceptors (Lipinski definition) is 5. The zero-order valence-corrected chi connectivity index (χ0v) is 16.9. The molecule has 7 heteroatoms. The van der Waals surface area contributed by atoms with Gasteiger partial charge in [0.2, 0.25) is 5.91 Å². The molecule has 1 aromatic carbocycles. The Morgan fingerprint density at radius 3 is 2.37 bits per heavy atom. The van der Waals surface area contributed by atoms with Crippen LogP contribution in [-0.4, -0.2) is 51.8 Å². The van der Waals surface area contributed by atoms with Crippen LogP contribution in [0.4, 0.5) is 5.69 Å². The summed E-state index contributed by atoms with van der Waals surface area (Å²) in [7, 11) is 0. The summed E-state index contributed by atoms with van der Waals surface area (Å²) in [6, 6.07) is 17.2. The molecule has 0 radical (unpaired) electrons. The lowest BCUT2D eigenvalue weighted by Gasteiger charge is -2.36. The van der Waals surface area contributed by atoms with Gasteiger partial charge >= 0.3 is 0 Å². The van der Waals surface area contributed by atoms with E-state index in [-0.39, 0.29) is 11.5 Å². The van der Waals surface area contributed by atoms with Crippen molar-refractivity contribution in [1.82, 2.24) is 19.7 Å². The molecule has 0 bridgehead atoms. The van der Waals surface area contributed by atoms with Crippen LogP contribution in [0.25, 0.3) is 11.3 Å². The van der Waals surface area contributed by atoms with Crippen LogP contribution in [-0.2, 0) is 11.3 Å². The van der Waals surface area contributed by atoms with Crippen LogP contribution in [0.5, 0.6) is 0 Å². The van der Waals surface area contributed by atoms with Crippen molar-refractivity contribution in [3.05, 3.63) is 77.3 Å². The number of pyridine rings is 1. The molecule has 0 saturated carbocycles. The van der Waals surface area contributed by atoms with E-state index in [1.165, 1.54) is 16.4 Å². The summed E-state index contributed by atoms with van der Waals surface area (Å²) in [6.45, 7) is 3.55. The Morgan fingerprint density at radius 1 is 0.900 bits per heavy atom. The first-order chi connectivity index (χ1) is 14.7. The number of rotatable bonds is 6. The fraction of sp³-hybridized carbons (Fsp3) is 0.304. The molecule has 1 aliphatic rings. The maximum absolute atomic E-state index is 12.6. The van der Waals surface area contributed by atoms with Crippen LogP contribution >= 0.6 is 0 Å². The van der Waals surface area contributed by atoms with E-state index in [4.69, 9.17) is 0 Å². The fourth-order valence-corrected chi connectivity index (χ4v) is 3.68. The number of nitrogens with zero attached hydrogens (tertiary/aromatic N) is 5. The topological polar surface area (TPSA) is 71.3 Å². The number of aromatic nitrogens is 3. The average molecular weight is 403 g/mol. The van der Waals surface area contributed by atoms with E-state index >= 15 is 0 Å². The summed E-state index contributed by atoms with van der Waals surface area (Å²) in [6.07, 6.45) is 4.40. The molecule has 2 aromatic heterocycles. The van der Waals surface area contributed by atoms with Gasteiger partial charge in [0.15, 0.2) is 0 Å². The molecule has 0 spiro atoms. The van der Waals surface area contributed by atoms with Crippen LogP contribution < -0.4 is 10.5 Å². The lowest BCUT2D eigenvalue weighted by atomic mass is 10.2. The van der Waals surface area contributed by atoms with Crippen LogP contribution in [0.3, 0.4) is 0 Å². The Balaban J connectivity index is 1.29. The molecule has 1 fully saturated rings. The van der Waals surface area contributed by atoms with E-state index in [9.17, 15) is 9.59 Å². The molecular formula is C23H25N5O2. The molecule has 0 atom stereocenters.